The summed E-state index contributed by atoms with van der Waals surface area (Å²) < 4.78 is 28.1. The molecule has 8 nitrogen and oxygen atoms in total. The molecular weight excluding hydrogens is 500 g/mol. The highest BCUT2D eigenvalue weighted by molar-refractivity contribution is 5.89. The van der Waals surface area contributed by atoms with Gasteiger partial charge in [0.05, 0.1) is 21.3 Å². The van der Waals surface area contributed by atoms with E-state index in [0.717, 1.165) is 16.7 Å². The van der Waals surface area contributed by atoms with Crippen LogP contribution in [-0.2, 0) is 29.4 Å². The van der Waals surface area contributed by atoms with Gasteiger partial charge in [-0.25, -0.2) is 4.79 Å². The largest absolute Gasteiger partial charge is 0.497 e. The molecule has 39 heavy (non-hydrogen) atoms. The average Bonchev–Trinajstić information content (AvgIpc) is 2.97. The zero-order chi connectivity index (χ0) is 28.0. The lowest BCUT2D eigenvalue weighted by Gasteiger charge is -2.42. The molecule has 1 N–H and O–H groups in total. The quantitative estimate of drug-likeness (QED) is 0.324. The van der Waals surface area contributed by atoms with E-state index in [2.05, 4.69) is 0 Å². The van der Waals surface area contributed by atoms with Crippen molar-refractivity contribution >= 4 is 11.9 Å². The maximum Gasteiger partial charge on any atom is 0.333 e. The average molecular weight is 533 g/mol. The Morgan fingerprint density at radius 1 is 0.795 bits per heavy atom. The number of carbonyl (C=O) groups excluding carboxylic acids is 2. The zero-order valence-corrected chi connectivity index (χ0v) is 22.3. The molecule has 4 rings (SSSR count). The molecular formula is C31H32O8. The first-order valence-electron chi connectivity index (χ1n) is 12.5. The summed E-state index contributed by atoms with van der Waals surface area (Å²) in [7, 11) is 4.45. The number of benzene rings is 3. The van der Waals surface area contributed by atoms with Crippen molar-refractivity contribution in [1.29, 1.82) is 0 Å². The van der Waals surface area contributed by atoms with Crippen molar-refractivity contribution in [2.75, 3.05) is 21.3 Å². The number of esters is 2. The number of hydrogen-bond donors (Lipinski definition) is 1. The molecule has 0 bridgehead atoms. The number of methoxy groups -OCH3 is 3. The monoisotopic (exact) mass is 532 g/mol. The van der Waals surface area contributed by atoms with Gasteiger partial charge in [-0.15, -0.1) is 0 Å². The number of hydrogen-bond acceptors (Lipinski definition) is 8. The fourth-order valence-electron chi connectivity index (χ4n) is 4.86. The summed E-state index contributed by atoms with van der Waals surface area (Å²) in [5, 5.41) is 11.4. The van der Waals surface area contributed by atoms with Crippen LogP contribution in [-0.4, -0.2) is 56.7 Å². The Kier molecular flexibility index (Phi) is 8.69. The van der Waals surface area contributed by atoms with Crippen LogP contribution in [0.3, 0.4) is 0 Å². The number of rotatable bonds is 9. The van der Waals surface area contributed by atoms with Crippen molar-refractivity contribution in [2.45, 2.75) is 37.3 Å². The molecule has 8 heteroatoms. The van der Waals surface area contributed by atoms with Gasteiger partial charge in [0.15, 0.2) is 0 Å². The van der Waals surface area contributed by atoms with E-state index in [9.17, 15) is 14.7 Å². The first kappa shape index (κ1) is 27.9. The minimum Gasteiger partial charge on any atom is -0.497 e. The summed E-state index contributed by atoms with van der Waals surface area (Å²) in [4.78, 5) is 24.4. The Morgan fingerprint density at radius 2 is 1.31 bits per heavy atom. The van der Waals surface area contributed by atoms with Crippen LogP contribution in [0.5, 0.6) is 11.5 Å². The van der Waals surface area contributed by atoms with E-state index in [4.69, 9.17) is 23.7 Å². The molecule has 0 unspecified atom stereocenters. The van der Waals surface area contributed by atoms with Crippen molar-refractivity contribution in [3.63, 3.8) is 0 Å². The first-order valence-corrected chi connectivity index (χ1v) is 12.5. The molecule has 0 radical (unpaired) electrons. The fraction of sp³-hybridized carbons (Fsp3) is 0.290. The molecule has 0 saturated carbocycles. The van der Waals surface area contributed by atoms with Crippen molar-refractivity contribution in [3.05, 3.63) is 107 Å². The van der Waals surface area contributed by atoms with Crippen LogP contribution >= 0.6 is 0 Å². The molecule has 0 amide bonds. The third-order valence-corrected chi connectivity index (χ3v) is 6.76. The first-order chi connectivity index (χ1) is 18.8. The van der Waals surface area contributed by atoms with Gasteiger partial charge in [0.1, 0.15) is 35.4 Å². The number of ether oxygens (including phenoxy) is 5. The standard InChI is InChI=1S/C31H32O8/c1-20(32)38-27-18-21(30(34)37-4)19-28(29(27)33)39-31(22-8-6-5-7-9-22,23-10-14-25(35-2)15-11-23)24-12-16-26(36-3)17-13-24/h5-17,19,27-29,33H,18H2,1-4H3/t27-,28-,29+/m1/s1. The molecule has 3 aromatic rings. The van der Waals surface area contributed by atoms with Gasteiger partial charge in [0, 0.05) is 18.9 Å². The van der Waals surface area contributed by atoms with E-state index in [1.54, 1.807) is 20.3 Å². The lowest BCUT2D eigenvalue weighted by molar-refractivity contribution is -0.165. The Morgan fingerprint density at radius 3 is 1.77 bits per heavy atom. The van der Waals surface area contributed by atoms with Crippen LogP contribution in [0.15, 0.2) is 90.5 Å². The van der Waals surface area contributed by atoms with Crippen molar-refractivity contribution in [2.24, 2.45) is 0 Å². The summed E-state index contributed by atoms with van der Waals surface area (Å²) in [5.74, 6) is 0.155. The van der Waals surface area contributed by atoms with Crippen LogP contribution in [0.1, 0.15) is 30.0 Å². The molecule has 0 aliphatic heterocycles. The lowest BCUT2D eigenvalue weighted by atomic mass is 9.79. The van der Waals surface area contributed by atoms with Crippen LogP contribution in [0.25, 0.3) is 0 Å². The summed E-state index contributed by atoms with van der Waals surface area (Å²) in [6.45, 7) is 1.25. The van der Waals surface area contributed by atoms with Gasteiger partial charge < -0.3 is 28.8 Å². The van der Waals surface area contributed by atoms with Gasteiger partial charge in [0.25, 0.3) is 0 Å². The normalized spacial score (nSPS) is 19.0. The van der Waals surface area contributed by atoms with Gasteiger partial charge in [-0.3, -0.25) is 4.79 Å². The van der Waals surface area contributed by atoms with E-state index in [-0.39, 0.29) is 12.0 Å². The van der Waals surface area contributed by atoms with Gasteiger partial charge in [-0.05, 0) is 47.0 Å². The molecule has 0 spiro atoms. The van der Waals surface area contributed by atoms with E-state index in [0.29, 0.717) is 11.5 Å². The number of aliphatic hydroxyl groups is 1. The van der Waals surface area contributed by atoms with Gasteiger partial charge in [0.2, 0.25) is 0 Å². The van der Waals surface area contributed by atoms with Gasteiger partial charge in [-0.2, -0.15) is 0 Å². The molecule has 0 aromatic heterocycles. The summed E-state index contributed by atoms with van der Waals surface area (Å²) in [5.41, 5.74) is 1.24. The molecule has 204 valence electrons. The Hall–Kier alpha value is -4.14. The van der Waals surface area contributed by atoms with E-state index >= 15 is 0 Å². The molecule has 0 heterocycles. The molecule has 3 atom stereocenters. The third-order valence-electron chi connectivity index (χ3n) is 6.76. The van der Waals surface area contributed by atoms with Crippen molar-refractivity contribution in [3.8, 4) is 11.5 Å². The smallest absolute Gasteiger partial charge is 0.333 e. The molecule has 1 aliphatic carbocycles. The molecule has 0 fully saturated rings. The minimum absolute atomic E-state index is 0.00329. The minimum atomic E-state index is -1.26. The Labute approximate surface area is 227 Å². The van der Waals surface area contributed by atoms with Gasteiger partial charge >= 0.3 is 11.9 Å². The van der Waals surface area contributed by atoms with Gasteiger partial charge in [-0.1, -0.05) is 54.6 Å². The van der Waals surface area contributed by atoms with Crippen LogP contribution in [0.2, 0.25) is 0 Å². The second-order valence-electron chi connectivity index (χ2n) is 9.11. The number of aliphatic hydroxyl groups excluding tert-OH is 1. The highest BCUT2D eigenvalue weighted by Gasteiger charge is 2.45. The van der Waals surface area contributed by atoms with Crippen molar-refractivity contribution in [1.82, 2.24) is 0 Å². The van der Waals surface area contributed by atoms with Crippen LogP contribution in [0, 0.1) is 0 Å². The summed E-state index contributed by atoms with van der Waals surface area (Å²) in [6.07, 6.45) is -1.78. The highest BCUT2D eigenvalue weighted by Crippen LogP contribution is 2.44. The van der Waals surface area contributed by atoms with E-state index in [1.807, 2.05) is 78.9 Å². The molecule has 3 aromatic carbocycles. The zero-order valence-electron chi connectivity index (χ0n) is 22.3. The van der Waals surface area contributed by atoms with Crippen LogP contribution < -0.4 is 9.47 Å². The van der Waals surface area contributed by atoms with E-state index in [1.165, 1.54) is 14.0 Å². The predicted octanol–water partition coefficient (Wildman–Crippen LogP) is 4.18. The molecule has 1 aliphatic rings. The maximum atomic E-state index is 12.6. The number of carbonyl (C=O) groups is 2. The van der Waals surface area contributed by atoms with Crippen molar-refractivity contribution < 1.29 is 38.4 Å². The SMILES string of the molecule is COC(=O)C1=C[C@@H](OC(c2ccccc2)(c2ccc(OC)cc2)c2ccc(OC)cc2)[C@@H](O)[C@H](OC(C)=O)C1. The lowest BCUT2D eigenvalue weighted by Crippen LogP contribution is -2.48. The topological polar surface area (TPSA) is 101 Å². The third kappa shape index (κ3) is 5.82. The maximum absolute atomic E-state index is 12.6. The second kappa shape index (κ2) is 12.1. The summed E-state index contributed by atoms with van der Waals surface area (Å²) >= 11 is 0. The highest BCUT2D eigenvalue weighted by atomic mass is 16.6. The second-order valence-corrected chi connectivity index (χ2v) is 9.11. The summed E-state index contributed by atoms with van der Waals surface area (Å²) in [6, 6.07) is 24.4. The Balaban J connectivity index is 1.95. The van der Waals surface area contributed by atoms with E-state index < -0.39 is 35.9 Å². The fourth-order valence-corrected chi connectivity index (χ4v) is 4.86. The van der Waals surface area contributed by atoms with Crippen LogP contribution in [0.4, 0.5) is 0 Å². The predicted molar refractivity (Wildman–Crippen MR) is 143 cm³/mol. The molecule has 0 saturated heterocycles. The Bertz CT molecular complexity index is 1250.